The summed E-state index contributed by atoms with van der Waals surface area (Å²) in [6.45, 7) is 2.53. The molecular weight excluding hydrogens is 226 g/mol. The van der Waals surface area contributed by atoms with E-state index >= 15 is 0 Å². The molecule has 0 bridgehead atoms. The molecule has 2 N–H and O–H groups in total. The van der Waals surface area contributed by atoms with Crippen LogP contribution >= 0.6 is 0 Å². The summed E-state index contributed by atoms with van der Waals surface area (Å²) >= 11 is 0. The molecule has 1 aliphatic heterocycles. The molecule has 0 atom stereocenters. The molecule has 0 radical (unpaired) electrons. The van der Waals surface area contributed by atoms with Crippen LogP contribution in [0.5, 0.6) is 0 Å². The number of imidazole rings is 1. The Morgan fingerprint density at radius 1 is 1.33 bits per heavy atom. The highest BCUT2D eigenvalue weighted by atomic mass is 16.5. The van der Waals surface area contributed by atoms with Gasteiger partial charge in [0.25, 0.3) is 0 Å². The number of anilines is 1. The van der Waals surface area contributed by atoms with Gasteiger partial charge in [0, 0.05) is 6.54 Å². The third-order valence-corrected chi connectivity index (χ3v) is 3.19. The first-order chi connectivity index (χ1) is 8.92. The van der Waals surface area contributed by atoms with Crippen LogP contribution in [0.2, 0.25) is 0 Å². The lowest BCUT2D eigenvalue weighted by Gasteiger charge is -2.13. The first kappa shape index (κ1) is 11.3. The van der Waals surface area contributed by atoms with E-state index in [4.69, 9.17) is 4.74 Å². The highest BCUT2D eigenvalue weighted by Gasteiger charge is 2.04. The van der Waals surface area contributed by atoms with Crippen molar-refractivity contribution in [3.05, 3.63) is 35.9 Å². The molecule has 0 unspecified atom stereocenters. The van der Waals surface area contributed by atoms with Gasteiger partial charge in [-0.25, -0.2) is 4.98 Å². The second-order valence-corrected chi connectivity index (χ2v) is 4.47. The van der Waals surface area contributed by atoms with Crippen molar-refractivity contribution >= 4 is 17.0 Å². The van der Waals surface area contributed by atoms with Gasteiger partial charge in [0.1, 0.15) is 0 Å². The van der Waals surface area contributed by atoms with Gasteiger partial charge in [-0.3, -0.25) is 0 Å². The summed E-state index contributed by atoms with van der Waals surface area (Å²) in [5.74, 6) is 0.851. The zero-order valence-electron chi connectivity index (χ0n) is 10.3. The van der Waals surface area contributed by atoms with E-state index in [2.05, 4.69) is 21.4 Å². The van der Waals surface area contributed by atoms with E-state index in [1.54, 1.807) is 0 Å². The fourth-order valence-corrected chi connectivity index (χ4v) is 2.17. The molecule has 0 saturated heterocycles. The van der Waals surface area contributed by atoms with Gasteiger partial charge in [-0.05, 0) is 25.0 Å². The first-order valence-corrected chi connectivity index (χ1v) is 6.36. The fourth-order valence-electron chi connectivity index (χ4n) is 2.17. The number of hydrogen-bond donors (Lipinski definition) is 2. The van der Waals surface area contributed by atoms with Crippen molar-refractivity contribution in [1.82, 2.24) is 9.97 Å². The van der Waals surface area contributed by atoms with Gasteiger partial charge in [0.15, 0.2) is 0 Å². The Kier molecular flexibility index (Phi) is 3.28. The van der Waals surface area contributed by atoms with Gasteiger partial charge < -0.3 is 15.0 Å². The number of hydrogen-bond acceptors (Lipinski definition) is 3. The van der Waals surface area contributed by atoms with Crippen molar-refractivity contribution in [3.8, 4) is 0 Å². The van der Waals surface area contributed by atoms with E-state index in [-0.39, 0.29) is 0 Å². The molecule has 0 amide bonds. The number of nitrogens with zero attached hydrogens (tertiary/aromatic N) is 1. The van der Waals surface area contributed by atoms with Crippen LogP contribution in [-0.2, 0) is 4.74 Å². The molecule has 3 rings (SSSR count). The maximum absolute atomic E-state index is 5.29. The molecule has 4 heteroatoms. The monoisotopic (exact) mass is 243 g/mol. The van der Waals surface area contributed by atoms with Crippen molar-refractivity contribution < 1.29 is 4.74 Å². The predicted molar refractivity (Wildman–Crippen MR) is 72.7 cm³/mol. The lowest BCUT2D eigenvalue weighted by molar-refractivity contribution is 0.153. The van der Waals surface area contributed by atoms with Crippen LogP contribution in [0.1, 0.15) is 12.8 Å². The average molecular weight is 243 g/mol. The van der Waals surface area contributed by atoms with Crippen LogP contribution in [0.15, 0.2) is 35.9 Å². The van der Waals surface area contributed by atoms with Gasteiger partial charge in [-0.2, -0.15) is 0 Å². The molecule has 0 saturated carbocycles. The van der Waals surface area contributed by atoms with Crippen LogP contribution in [-0.4, -0.2) is 29.7 Å². The third-order valence-electron chi connectivity index (χ3n) is 3.19. The Hall–Kier alpha value is -1.81. The van der Waals surface area contributed by atoms with Gasteiger partial charge in [0.05, 0.1) is 24.2 Å². The SMILES string of the molecule is C1=C(CCNc2nc3ccccc3[nH]2)CCOC1. The average Bonchev–Trinajstić information content (AvgIpc) is 2.82. The van der Waals surface area contributed by atoms with E-state index in [0.29, 0.717) is 0 Å². The molecule has 1 aromatic carbocycles. The van der Waals surface area contributed by atoms with E-state index in [1.807, 2.05) is 24.3 Å². The molecule has 2 heterocycles. The van der Waals surface area contributed by atoms with Crippen molar-refractivity contribution in [2.24, 2.45) is 0 Å². The number of fused-ring (bicyclic) bond motifs is 1. The Bertz CT molecular complexity index is 526. The number of nitrogens with one attached hydrogen (secondary N) is 2. The van der Waals surface area contributed by atoms with E-state index in [0.717, 1.165) is 49.6 Å². The van der Waals surface area contributed by atoms with Crippen LogP contribution in [0.4, 0.5) is 5.95 Å². The van der Waals surface area contributed by atoms with E-state index in [1.165, 1.54) is 5.57 Å². The standard InChI is InChI=1S/C14H17N3O/c1-2-4-13-12(3-1)16-14(17-13)15-8-5-11-6-9-18-10-7-11/h1-4,6H,5,7-10H2,(H2,15,16,17). The Labute approximate surface area is 106 Å². The number of ether oxygens (including phenoxy) is 1. The molecule has 4 nitrogen and oxygen atoms in total. The smallest absolute Gasteiger partial charge is 0.201 e. The minimum absolute atomic E-state index is 0.764. The maximum atomic E-state index is 5.29. The number of aromatic nitrogens is 2. The van der Waals surface area contributed by atoms with Crippen molar-refractivity contribution in [2.45, 2.75) is 12.8 Å². The van der Waals surface area contributed by atoms with Crippen LogP contribution in [0.25, 0.3) is 11.0 Å². The van der Waals surface area contributed by atoms with E-state index < -0.39 is 0 Å². The molecule has 1 aliphatic rings. The normalized spacial score (nSPS) is 15.7. The lowest BCUT2D eigenvalue weighted by atomic mass is 10.1. The number of rotatable bonds is 4. The third kappa shape index (κ3) is 2.54. The lowest BCUT2D eigenvalue weighted by Crippen LogP contribution is -2.09. The summed E-state index contributed by atoms with van der Waals surface area (Å²) in [5.41, 5.74) is 3.56. The highest BCUT2D eigenvalue weighted by molar-refractivity contribution is 5.77. The summed E-state index contributed by atoms with van der Waals surface area (Å²) in [7, 11) is 0. The Morgan fingerprint density at radius 2 is 2.28 bits per heavy atom. The quantitative estimate of drug-likeness (QED) is 0.812. The van der Waals surface area contributed by atoms with Gasteiger partial charge >= 0.3 is 0 Å². The summed E-state index contributed by atoms with van der Waals surface area (Å²) in [4.78, 5) is 7.75. The van der Waals surface area contributed by atoms with Crippen molar-refractivity contribution in [1.29, 1.82) is 0 Å². The molecular formula is C14H17N3O. The number of para-hydroxylation sites is 2. The Morgan fingerprint density at radius 3 is 3.11 bits per heavy atom. The van der Waals surface area contributed by atoms with E-state index in [9.17, 15) is 0 Å². The Balaban J connectivity index is 1.58. The van der Waals surface area contributed by atoms with Crippen molar-refractivity contribution in [3.63, 3.8) is 0 Å². The molecule has 2 aromatic rings. The molecule has 0 spiro atoms. The summed E-state index contributed by atoms with van der Waals surface area (Å²) in [5, 5.41) is 3.33. The first-order valence-electron chi connectivity index (χ1n) is 6.36. The maximum Gasteiger partial charge on any atom is 0.201 e. The second-order valence-electron chi connectivity index (χ2n) is 4.47. The number of aromatic amines is 1. The van der Waals surface area contributed by atoms with Gasteiger partial charge in [-0.15, -0.1) is 0 Å². The van der Waals surface area contributed by atoms with Crippen LogP contribution in [0, 0.1) is 0 Å². The molecule has 1 aromatic heterocycles. The fraction of sp³-hybridized carbons (Fsp3) is 0.357. The molecule has 94 valence electrons. The predicted octanol–water partition coefficient (Wildman–Crippen LogP) is 2.71. The summed E-state index contributed by atoms with van der Waals surface area (Å²) in [6.07, 6.45) is 4.30. The zero-order chi connectivity index (χ0) is 12.2. The van der Waals surface area contributed by atoms with Gasteiger partial charge in [-0.1, -0.05) is 23.8 Å². The second kappa shape index (κ2) is 5.23. The van der Waals surface area contributed by atoms with Crippen LogP contribution in [0.3, 0.4) is 0 Å². The minimum Gasteiger partial charge on any atom is -0.377 e. The van der Waals surface area contributed by atoms with Crippen LogP contribution < -0.4 is 5.32 Å². The topological polar surface area (TPSA) is 49.9 Å². The molecule has 0 aliphatic carbocycles. The molecule has 18 heavy (non-hydrogen) atoms. The number of benzene rings is 1. The van der Waals surface area contributed by atoms with Gasteiger partial charge in [0.2, 0.25) is 5.95 Å². The summed E-state index contributed by atoms with van der Waals surface area (Å²) in [6, 6.07) is 8.06. The number of H-pyrrole nitrogens is 1. The van der Waals surface area contributed by atoms with Crippen molar-refractivity contribution in [2.75, 3.05) is 25.1 Å². The zero-order valence-corrected chi connectivity index (χ0v) is 10.3. The highest BCUT2D eigenvalue weighted by Crippen LogP contribution is 2.15. The largest absolute Gasteiger partial charge is 0.377 e. The minimum atomic E-state index is 0.764. The molecule has 0 fully saturated rings. The summed E-state index contributed by atoms with van der Waals surface area (Å²) < 4.78 is 5.29.